The second-order valence-corrected chi connectivity index (χ2v) is 5.14. The monoisotopic (exact) mass is 337 g/mol. The first-order valence-corrected chi connectivity index (χ1v) is 7.70. The van der Waals surface area contributed by atoms with E-state index in [-0.39, 0.29) is 5.78 Å². The van der Waals surface area contributed by atoms with Gasteiger partial charge in [0.25, 0.3) is 0 Å². The van der Waals surface area contributed by atoms with Crippen LogP contribution < -0.4 is 9.47 Å². The zero-order valence-corrected chi connectivity index (χ0v) is 14.2. The Kier molecular flexibility index (Phi) is 6.76. The standard InChI is InChI=1S/C20H19NO4/c1-23-10-11-25-19-9-7-17(13-20(19)24-2)18(22)8-6-15-4-3-5-16(12-15)14-21/h3-9,12-13H,10-11H2,1-2H3/b8-6+. The topological polar surface area (TPSA) is 68.5 Å². The molecule has 2 rings (SSSR count). The van der Waals surface area contributed by atoms with E-state index in [0.29, 0.717) is 35.8 Å². The van der Waals surface area contributed by atoms with Gasteiger partial charge in [-0.2, -0.15) is 5.26 Å². The molecule has 0 aromatic heterocycles. The van der Waals surface area contributed by atoms with Crippen LogP contribution in [-0.4, -0.2) is 33.2 Å². The number of carbonyl (C=O) groups is 1. The highest BCUT2D eigenvalue weighted by atomic mass is 16.5. The Morgan fingerprint density at radius 1 is 1.12 bits per heavy atom. The Hall–Kier alpha value is -3.10. The number of benzene rings is 2. The molecule has 0 fully saturated rings. The molecule has 0 atom stereocenters. The van der Waals surface area contributed by atoms with Crippen LogP contribution >= 0.6 is 0 Å². The zero-order valence-electron chi connectivity index (χ0n) is 14.2. The van der Waals surface area contributed by atoms with Crippen molar-refractivity contribution >= 4 is 11.9 Å². The van der Waals surface area contributed by atoms with Crippen LogP contribution in [0.2, 0.25) is 0 Å². The first-order valence-electron chi connectivity index (χ1n) is 7.70. The summed E-state index contributed by atoms with van der Waals surface area (Å²) in [4.78, 5) is 12.3. The number of rotatable bonds is 8. The molecule has 0 heterocycles. The van der Waals surface area contributed by atoms with Crippen LogP contribution in [0.4, 0.5) is 0 Å². The van der Waals surface area contributed by atoms with Crippen molar-refractivity contribution < 1.29 is 19.0 Å². The molecule has 5 nitrogen and oxygen atoms in total. The van der Waals surface area contributed by atoms with Crippen molar-refractivity contribution in [3.8, 4) is 17.6 Å². The summed E-state index contributed by atoms with van der Waals surface area (Å²) in [5.74, 6) is 0.882. The van der Waals surface area contributed by atoms with Gasteiger partial charge in [-0.25, -0.2) is 0 Å². The van der Waals surface area contributed by atoms with Gasteiger partial charge in [-0.15, -0.1) is 0 Å². The van der Waals surface area contributed by atoms with Gasteiger partial charge in [0, 0.05) is 12.7 Å². The molecule has 0 bridgehead atoms. The number of nitrogens with zero attached hydrogens (tertiary/aromatic N) is 1. The molecule has 0 saturated carbocycles. The molecule has 5 heteroatoms. The quantitative estimate of drug-likeness (QED) is 0.419. The average molecular weight is 337 g/mol. The lowest BCUT2D eigenvalue weighted by Crippen LogP contribution is -2.06. The molecule has 0 saturated heterocycles. The molecule has 0 aliphatic rings. The van der Waals surface area contributed by atoms with E-state index in [4.69, 9.17) is 19.5 Å². The van der Waals surface area contributed by atoms with Crippen molar-refractivity contribution in [1.29, 1.82) is 5.26 Å². The number of hydrogen-bond donors (Lipinski definition) is 0. The molecule has 2 aromatic rings. The van der Waals surface area contributed by atoms with Gasteiger partial charge in [-0.3, -0.25) is 4.79 Å². The summed E-state index contributed by atoms with van der Waals surface area (Å²) >= 11 is 0. The van der Waals surface area contributed by atoms with E-state index < -0.39 is 0 Å². The van der Waals surface area contributed by atoms with E-state index in [1.54, 1.807) is 49.6 Å². The van der Waals surface area contributed by atoms with E-state index >= 15 is 0 Å². The van der Waals surface area contributed by atoms with Gasteiger partial charge in [0.15, 0.2) is 17.3 Å². The molecule has 0 N–H and O–H groups in total. The minimum Gasteiger partial charge on any atom is -0.493 e. The van der Waals surface area contributed by atoms with Gasteiger partial charge in [-0.05, 0) is 42.0 Å². The van der Waals surface area contributed by atoms with E-state index in [9.17, 15) is 4.79 Å². The third-order valence-corrected chi connectivity index (χ3v) is 3.44. The van der Waals surface area contributed by atoms with E-state index in [2.05, 4.69) is 6.07 Å². The SMILES string of the molecule is COCCOc1ccc(C(=O)/C=C/c2cccc(C#N)c2)cc1OC. The highest BCUT2D eigenvalue weighted by molar-refractivity contribution is 6.07. The summed E-state index contributed by atoms with van der Waals surface area (Å²) < 4.78 is 15.8. The Balaban J connectivity index is 2.13. The molecule has 0 spiro atoms. The van der Waals surface area contributed by atoms with Gasteiger partial charge < -0.3 is 14.2 Å². The van der Waals surface area contributed by atoms with Crippen molar-refractivity contribution in [1.82, 2.24) is 0 Å². The van der Waals surface area contributed by atoms with Crippen LogP contribution in [-0.2, 0) is 4.74 Å². The fourth-order valence-corrected chi connectivity index (χ4v) is 2.16. The maximum absolute atomic E-state index is 12.3. The summed E-state index contributed by atoms with van der Waals surface area (Å²) in [6, 6.07) is 14.1. The molecule has 0 aliphatic carbocycles. The third-order valence-electron chi connectivity index (χ3n) is 3.44. The normalized spacial score (nSPS) is 10.4. The predicted molar refractivity (Wildman–Crippen MR) is 94.9 cm³/mol. The van der Waals surface area contributed by atoms with Crippen LogP contribution in [0.25, 0.3) is 6.08 Å². The van der Waals surface area contributed by atoms with Crippen molar-refractivity contribution in [2.24, 2.45) is 0 Å². The molecule has 2 aromatic carbocycles. The molecule has 0 radical (unpaired) electrons. The largest absolute Gasteiger partial charge is 0.493 e. The van der Waals surface area contributed by atoms with Crippen LogP contribution in [0.1, 0.15) is 21.5 Å². The second kappa shape index (κ2) is 9.26. The summed E-state index contributed by atoms with van der Waals surface area (Å²) in [6.07, 6.45) is 3.15. The Labute approximate surface area is 147 Å². The Morgan fingerprint density at radius 2 is 1.96 bits per heavy atom. The van der Waals surface area contributed by atoms with E-state index in [0.717, 1.165) is 5.56 Å². The van der Waals surface area contributed by atoms with Crippen LogP contribution in [0.5, 0.6) is 11.5 Å². The summed E-state index contributed by atoms with van der Waals surface area (Å²) in [6.45, 7) is 0.865. The summed E-state index contributed by atoms with van der Waals surface area (Å²) in [5.41, 5.74) is 1.83. The predicted octanol–water partition coefficient (Wildman–Crippen LogP) is 3.49. The van der Waals surface area contributed by atoms with Gasteiger partial charge in [0.2, 0.25) is 0 Å². The Morgan fingerprint density at radius 3 is 2.68 bits per heavy atom. The molecule has 0 amide bonds. The maximum atomic E-state index is 12.3. The van der Waals surface area contributed by atoms with E-state index in [1.165, 1.54) is 13.2 Å². The van der Waals surface area contributed by atoms with Gasteiger partial charge in [-0.1, -0.05) is 18.2 Å². The Bertz CT molecular complexity index is 806. The zero-order chi connectivity index (χ0) is 18.1. The minimum atomic E-state index is -0.163. The van der Waals surface area contributed by atoms with Crippen molar-refractivity contribution in [2.45, 2.75) is 0 Å². The number of ether oxygens (including phenoxy) is 3. The second-order valence-electron chi connectivity index (χ2n) is 5.14. The van der Waals surface area contributed by atoms with Crippen molar-refractivity contribution in [3.63, 3.8) is 0 Å². The highest BCUT2D eigenvalue weighted by Gasteiger charge is 2.09. The number of hydrogen-bond acceptors (Lipinski definition) is 5. The highest BCUT2D eigenvalue weighted by Crippen LogP contribution is 2.28. The van der Waals surface area contributed by atoms with E-state index in [1.807, 2.05) is 6.07 Å². The lowest BCUT2D eigenvalue weighted by Gasteiger charge is -2.11. The first-order chi connectivity index (χ1) is 12.2. The number of nitriles is 1. The van der Waals surface area contributed by atoms with Crippen LogP contribution in [0.15, 0.2) is 48.5 Å². The molecule has 25 heavy (non-hydrogen) atoms. The molecular weight excluding hydrogens is 318 g/mol. The fourth-order valence-electron chi connectivity index (χ4n) is 2.16. The minimum absolute atomic E-state index is 0.163. The molecule has 0 aliphatic heterocycles. The van der Waals surface area contributed by atoms with Crippen molar-refractivity contribution in [3.05, 3.63) is 65.2 Å². The number of carbonyl (C=O) groups excluding carboxylic acids is 1. The lowest BCUT2D eigenvalue weighted by molar-refractivity contribution is 0.104. The van der Waals surface area contributed by atoms with Crippen LogP contribution in [0.3, 0.4) is 0 Å². The molecular formula is C20H19NO4. The number of ketones is 1. The summed E-state index contributed by atoms with van der Waals surface area (Å²) in [7, 11) is 3.12. The first kappa shape index (κ1) is 18.2. The number of allylic oxidation sites excluding steroid dienone is 1. The van der Waals surface area contributed by atoms with Crippen LogP contribution in [0, 0.1) is 11.3 Å². The fraction of sp³-hybridized carbons (Fsp3) is 0.200. The summed E-state index contributed by atoms with van der Waals surface area (Å²) in [5, 5.41) is 8.90. The smallest absolute Gasteiger partial charge is 0.185 e. The molecule has 0 unspecified atom stereocenters. The average Bonchev–Trinajstić information content (AvgIpc) is 2.66. The number of methoxy groups -OCH3 is 2. The van der Waals surface area contributed by atoms with Gasteiger partial charge in [0.1, 0.15) is 6.61 Å². The third kappa shape index (κ3) is 5.20. The lowest BCUT2D eigenvalue weighted by atomic mass is 10.1. The maximum Gasteiger partial charge on any atom is 0.185 e. The van der Waals surface area contributed by atoms with Gasteiger partial charge >= 0.3 is 0 Å². The molecule has 128 valence electrons. The van der Waals surface area contributed by atoms with Crippen molar-refractivity contribution in [2.75, 3.05) is 27.4 Å². The van der Waals surface area contributed by atoms with Gasteiger partial charge in [0.05, 0.1) is 25.3 Å².